The molecule has 5 heteroatoms. The lowest BCUT2D eigenvalue weighted by molar-refractivity contribution is -0.0536. The van der Waals surface area contributed by atoms with Gasteiger partial charge >= 0.3 is 6.16 Å². The van der Waals surface area contributed by atoms with E-state index in [9.17, 15) is 9.90 Å². The lowest BCUT2D eigenvalue weighted by Crippen LogP contribution is -2.35. The van der Waals surface area contributed by atoms with Gasteiger partial charge in [-0.05, 0) is 56.2 Å². The van der Waals surface area contributed by atoms with Gasteiger partial charge in [-0.25, -0.2) is 4.79 Å². The first-order valence-corrected chi connectivity index (χ1v) is 9.36. The molecule has 0 bridgehead atoms. The smallest absolute Gasteiger partial charge is 0.494 e. The molecule has 1 aliphatic rings. The summed E-state index contributed by atoms with van der Waals surface area (Å²) >= 11 is 0. The number of aliphatic hydroxyl groups is 1. The van der Waals surface area contributed by atoms with Crippen molar-refractivity contribution >= 4 is 6.16 Å². The molecule has 0 aliphatic heterocycles. The van der Waals surface area contributed by atoms with Gasteiger partial charge in [-0.3, -0.25) is 0 Å². The second kappa shape index (κ2) is 9.66. The van der Waals surface area contributed by atoms with Crippen molar-refractivity contribution in [3.05, 3.63) is 29.8 Å². The van der Waals surface area contributed by atoms with E-state index < -0.39 is 11.8 Å². The van der Waals surface area contributed by atoms with E-state index in [0.29, 0.717) is 38.9 Å². The van der Waals surface area contributed by atoms with Gasteiger partial charge in [-0.15, -0.1) is 0 Å². The molecule has 2 rings (SSSR count). The average molecular weight is 350 g/mol. The number of carbonyl (C=O) groups is 1. The molecule has 0 radical (unpaired) electrons. The molecule has 1 aromatic rings. The highest BCUT2D eigenvalue weighted by atomic mass is 16.7. The highest BCUT2D eigenvalue weighted by Gasteiger charge is 2.36. The summed E-state index contributed by atoms with van der Waals surface area (Å²) in [6.45, 7) is 5.16. The van der Waals surface area contributed by atoms with Gasteiger partial charge in [0, 0.05) is 0 Å². The van der Waals surface area contributed by atoms with Crippen LogP contribution in [0.1, 0.15) is 64.4 Å². The summed E-state index contributed by atoms with van der Waals surface area (Å²) in [7, 11) is 0. The number of benzene rings is 1. The Balaban J connectivity index is 1.83. The second-order valence-electron chi connectivity index (χ2n) is 6.67. The van der Waals surface area contributed by atoms with Crippen LogP contribution in [0.15, 0.2) is 24.3 Å². The number of unbranched alkanes of at least 4 members (excludes halogenated alkanes) is 1. The van der Waals surface area contributed by atoms with Crippen molar-refractivity contribution in [1.82, 2.24) is 0 Å². The topological polar surface area (TPSA) is 65.0 Å². The molecule has 1 aromatic carbocycles. The molecule has 0 heterocycles. The minimum Gasteiger partial charge on any atom is -0.494 e. The average Bonchev–Trinajstić information content (AvgIpc) is 2.63. The summed E-state index contributed by atoms with van der Waals surface area (Å²) in [5.74, 6) is 0.830. The summed E-state index contributed by atoms with van der Waals surface area (Å²) in [6.07, 6.45) is 4.52. The summed E-state index contributed by atoms with van der Waals surface area (Å²) in [4.78, 5) is 11.5. The zero-order chi connectivity index (χ0) is 18.1. The molecule has 25 heavy (non-hydrogen) atoms. The Morgan fingerprint density at radius 1 is 1.12 bits per heavy atom. The summed E-state index contributed by atoms with van der Waals surface area (Å²) in [6, 6.07) is 7.68. The molecule has 1 aliphatic carbocycles. The number of rotatable bonds is 8. The third-order valence-electron chi connectivity index (χ3n) is 4.60. The zero-order valence-corrected chi connectivity index (χ0v) is 15.3. The first-order valence-electron chi connectivity index (χ1n) is 9.36. The zero-order valence-electron chi connectivity index (χ0n) is 15.3. The van der Waals surface area contributed by atoms with Gasteiger partial charge in [-0.2, -0.15) is 0 Å². The SMILES string of the molecule is CCCCOc1ccc(C2(O)CCC(OC(=O)OCCC)CC2)cc1. The molecular weight excluding hydrogens is 320 g/mol. The van der Waals surface area contributed by atoms with E-state index in [1.807, 2.05) is 31.2 Å². The van der Waals surface area contributed by atoms with Crippen LogP contribution in [-0.2, 0) is 15.1 Å². The molecule has 1 fully saturated rings. The van der Waals surface area contributed by atoms with Crippen LogP contribution in [0.25, 0.3) is 0 Å². The van der Waals surface area contributed by atoms with Gasteiger partial charge in [-0.1, -0.05) is 32.4 Å². The fourth-order valence-electron chi connectivity index (χ4n) is 3.03. The highest BCUT2D eigenvalue weighted by Crippen LogP contribution is 2.38. The predicted molar refractivity (Wildman–Crippen MR) is 95.7 cm³/mol. The summed E-state index contributed by atoms with van der Waals surface area (Å²) in [5.41, 5.74) is 0.0251. The van der Waals surface area contributed by atoms with Crippen LogP contribution in [0, 0.1) is 0 Å². The second-order valence-corrected chi connectivity index (χ2v) is 6.67. The van der Waals surface area contributed by atoms with Gasteiger partial charge in [0.2, 0.25) is 0 Å². The minimum atomic E-state index is -0.866. The van der Waals surface area contributed by atoms with Crippen LogP contribution < -0.4 is 4.74 Å². The van der Waals surface area contributed by atoms with Gasteiger partial charge in [0.15, 0.2) is 0 Å². The van der Waals surface area contributed by atoms with Crippen LogP contribution in [0.3, 0.4) is 0 Å². The van der Waals surface area contributed by atoms with Crippen LogP contribution in [0.2, 0.25) is 0 Å². The fraction of sp³-hybridized carbons (Fsp3) is 0.650. The lowest BCUT2D eigenvalue weighted by Gasteiger charge is -2.36. The molecule has 1 N–H and O–H groups in total. The molecule has 5 nitrogen and oxygen atoms in total. The molecule has 0 saturated heterocycles. The van der Waals surface area contributed by atoms with Crippen molar-refractivity contribution in [2.24, 2.45) is 0 Å². The lowest BCUT2D eigenvalue weighted by atomic mass is 9.78. The third kappa shape index (κ3) is 5.92. The first-order chi connectivity index (χ1) is 12.1. The Labute approximate surface area is 150 Å². The number of hydrogen-bond acceptors (Lipinski definition) is 5. The molecular formula is C20H30O5. The summed E-state index contributed by atoms with van der Waals surface area (Å²) in [5, 5.41) is 10.9. The van der Waals surface area contributed by atoms with Crippen molar-refractivity contribution in [2.75, 3.05) is 13.2 Å². The molecule has 0 unspecified atom stereocenters. The Bertz CT molecular complexity index is 517. The van der Waals surface area contributed by atoms with Crippen LogP contribution in [0.5, 0.6) is 5.75 Å². The highest BCUT2D eigenvalue weighted by molar-refractivity contribution is 5.60. The maximum absolute atomic E-state index is 11.5. The quantitative estimate of drug-likeness (QED) is 0.550. The predicted octanol–water partition coefficient (Wildman–Crippen LogP) is 4.56. The fourth-order valence-corrected chi connectivity index (χ4v) is 3.03. The monoisotopic (exact) mass is 350 g/mol. The van der Waals surface area contributed by atoms with E-state index in [-0.39, 0.29) is 6.10 Å². The van der Waals surface area contributed by atoms with Crippen molar-refractivity contribution in [2.45, 2.75) is 70.5 Å². The van der Waals surface area contributed by atoms with Crippen molar-refractivity contribution in [3.8, 4) is 5.75 Å². The van der Waals surface area contributed by atoms with E-state index in [0.717, 1.165) is 30.6 Å². The molecule has 140 valence electrons. The van der Waals surface area contributed by atoms with E-state index in [2.05, 4.69) is 6.92 Å². The normalized spacial score (nSPS) is 23.1. The van der Waals surface area contributed by atoms with E-state index in [1.165, 1.54) is 0 Å². The maximum atomic E-state index is 11.5. The number of carbonyl (C=O) groups excluding carboxylic acids is 1. The molecule has 0 amide bonds. The van der Waals surface area contributed by atoms with E-state index >= 15 is 0 Å². The summed E-state index contributed by atoms with van der Waals surface area (Å²) < 4.78 is 15.9. The van der Waals surface area contributed by atoms with E-state index in [4.69, 9.17) is 14.2 Å². The Kier molecular flexibility index (Phi) is 7.56. The molecule has 0 atom stereocenters. The Morgan fingerprint density at radius 2 is 1.80 bits per heavy atom. The van der Waals surface area contributed by atoms with E-state index in [1.54, 1.807) is 0 Å². The first kappa shape index (κ1) is 19.6. The Morgan fingerprint density at radius 3 is 2.40 bits per heavy atom. The van der Waals surface area contributed by atoms with Crippen LogP contribution in [-0.4, -0.2) is 30.6 Å². The Hall–Kier alpha value is -1.75. The maximum Gasteiger partial charge on any atom is 0.508 e. The van der Waals surface area contributed by atoms with Gasteiger partial charge in [0.1, 0.15) is 11.9 Å². The van der Waals surface area contributed by atoms with Crippen molar-refractivity contribution in [1.29, 1.82) is 0 Å². The van der Waals surface area contributed by atoms with Crippen molar-refractivity contribution in [3.63, 3.8) is 0 Å². The molecule has 0 aromatic heterocycles. The number of ether oxygens (including phenoxy) is 3. The van der Waals surface area contributed by atoms with Crippen molar-refractivity contribution < 1.29 is 24.1 Å². The largest absolute Gasteiger partial charge is 0.508 e. The number of hydrogen-bond donors (Lipinski definition) is 1. The van der Waals surface area contributed by atoms with Crippen LogP contribution in [0.4, 0.5) is 4.79 Å². The van der Waals surface area contributed by atoms with Gasteiger partial charge in [0.25, 0.3) is 0 Å². The molecule has 0 spiro atoms. The van der Waals surface area contributed by atoms with Gasteiger partial charge < -0.3 is 19.3 Å². The molecule has 1 saturated carbocycles. The minimum absolute atomic E-state index is 0.179. The third-order valence-corrected chi connectivity index (χ3v) is 4.60. The van der Waals surface area contributed by atoms with Gasteiger partial charge in [0.05, 0.1) is 18.8 Å². The van der Waals surface area contributed by atoms with Crippen LogP contribution >= 0.6 is 0 Å². The standard InChI is InChI=1S/C20H30O5/c1-3-5-15-23-17-8-6-16(7-9-17)20(22)12-10-18(11-13-20)25-19(21)24-14-4-2/h6-9,18,22H,3-5,10-15H2,1-2H3.